The quantitative estimate of drug-likeness (QED) is 0.887. The number of benzene rings is 2. The molecule has 4 nitrogen and oxygen atoms in total. The predicted octanol–water partition coefficient (Wildman–Crippen LogP) is 2.47. The zero-order chi connectivity index (χ0) is 15.2. The summed E-state index contributed by atoms with van der Waals surface area (Å²) in [7, 11) is 1.58. The zero-order valence-electron chi connectivity index (χ0n) is 12.2. The molecular weight excluding hydrogens is 266 g/mol. The molecule has 0 saturated carbocycles. The lowest BCUT2D eigenvalue weighted by atomic mass is 10.1. The summed E-state index contributed by atoms with van der Waals surface area (Å²) in [6.45, 7) is 2.14. The van der Waals surface area contributed by atoms with Gasteiger partial charge in [-0.05, 0) is 30.7 Å². The van der Waals surface area contributed by atoms with Gasteiger partial charge in [-0.2, -0.15) is 0 Å². The first-order valence-corrected chi connectivity index (χ1v) is 6.79. The molecule has 0 spiro atoms. The maximum absolute atomic E-state index is 11.5. The molecule has 2 aromatic rings. The molecular formula is C17H19NO3. The Labute approximate surface area is 124 Å². The minimum Gasteiger partial charge on any atom is -0.491 e. The van der Waals surface area contributed by atoms with E-state index in [2.05, 4.69) is 5.32 Å². The highest BCUT2D eigenvalue weighted by Crippen LogP contribution is 2.18. The Bertz CT molecular complexity index is 608. The lowest BCUT2D eigenvalue weighted by Gasteiger charge is -2.13. The highest BCUT2D eigenvalue weighted by molar-refractivity contribution is 5.94. The van der Waals surface area contributed by atoms with Gasteiger partial charge < -0.3 is 15.2 Å². The molecule has 0 saturated heterocycles. The van der Waals surface area contributed by atoms with Crippen molar-refractivity contribution in [2.24, 2.45) is 0 Å². The molecule has 0 aliphatic carbocycles. The van der Waals surface area contributed by atoms with E-state index in [1.165, 1.54) is 0 Å². The van der Waals surface area contributed by atoms with Gasteiger partial charge in [-0.15, -0.1) is 0 Å². The van der Waals surface area contributed by atoms with Crippen molar-refractivity contribution in [3.8, 4) is 5.75 Å². The first kappa shape index (κ1) is 15.1. The summed E-state index contributed by atoms with van der Waals surface area (Å²) in [4.78, 5) is 11.5. The lowest BCUT2D eigenvalue weighted by molar-refractivity contribution is 0.0961. The van der Waals surface area contributed by atoms with Crippen molar-refractivity contribution in [3.05, 3.63) is 65.2 Å². The summed E-state index contributed by atoms with van der Waals surface area (Å²) in [5, 5.41) is 12.7. The minimum absolute atomic E-state index is 0.139. The fraction of sp³-hybridized carbons (Fsp3) is 0.235. The van der Waals surface area contributed by atoms with Gasteiger partial charge in [-0.3, -0.25) is 4.79 Å². The third-order valence-electron chi connectivity index (χ3n) is 3.19. The molecule has 0 heterocycles. The fourth-order valence-electron chi connectivity index (χ4n) is 1.93. The first-order valence-electron chi connectivity index (χ1n) is 6.79. The van der Waals surface area contributed by atoms with E-state index in [9.17, 15) is 9.90 Å². The van der Waals surface area contributed by atoms with Crippen molar-refractivity contribution >= 4 is 5.91 Å². The molecule has 2 aromatic carbocycles. The Hall–Kier alpha value is -2.33. The van der Waals surface area contributed by atoms with Crippen LogP contribution in [-0.4, -0.2) is 24.7 Å². The highest BCUT2D eigenvalue weighted by atomic mass is 16.5. The molecule has 0 fully saturated rings. The molecule has 4 heteroatoms. The standard InChI is InChI=1S/C17H19NO3/c1-12-6-8-13(9-7-12)16(19)11-21-15-5-3-4-14(10-15)17(20)18-2/h3-10,16,19H,11H2,1-2H3,(H,18,20). The van der Waals surface area contributed by atoms with Gasteiger partial charge in [-0.1, -0.05) is 35.9 Å². The van der Waals surface area contributed by atoms with Crippen molar-refractivity contribution in [2.45, 2.75) is 13.0 Å². The van der Waals surface area contributed by atoms with Gasteiger partial charge in [0.25, 0.3) is 5.91 Å². The van der Waals surface area contributed by atoms with E-state index in [1.807, 2.05) is 31.2 Å². The van der Waals surface area contributed by atoms with Gasteiger partial charge in [-0.25, -0.2) is 0 Å². The molecule has 1 atom stereocenters. The Balaban J connectivity index is 1.99. The van der Waals surface area contributed by atoms with Gasteiger partial charge in [0, 0.05) is 12.6 Å². The molecule has 1 unspecified atom stereocenters. The summed E-state index contributed by atoms with van der Waals surface area (Å²) in [5.74, 6) is 0.391. The van der Waals surface area contributed by atoms with E-state index < -0.39 is 6.10 Å². The molecule has 0 radical (unpaired) electrons. The number of aryl methyl sites for hydroxylation is 1. The van der Waals surface area contributed by atoms with Crippen LogP contribution >= 0.6 is 0 Å². The molecule has 0 aliphatic rings. The Morgan fingerprint density at radius 3 is 2.62 bits per heavy atom. The lowest BCUT2D eigenvalue weighted by Crippen LogP contribution is -2.17. The van der Waals surface area contributed by atoms with Gasteiger partial charge in [0.05, 0.1) is 0 Å². The summed E-state index contributed by atoms with van der Waals surface area (Å²) < 4.78 is 5.56. The van der Waals surface area contributed by atoms with Crippen LogP contribution < -0.4 is 10.1 Å². The number of ether oxygens (including phenoxy) is 1. The van der Waals surface area contributed by atoms with Crippen molar-refractivity contribution in [1.82, 2.24) is 5.32 Å². The predicted molar refractivity (Wildman–Crippen MR) is 81.5 cm³/mol. The van der Waals surface area contributed by atoms with Crippen LogP contribution in [0.15, 0.2) is 48.5 Å². The van der Waals surface area contributed by atoms with Crippen molar-refractivity contribution < 1.29 is 14.6 Å². The van der Waals surface area contributed by atoms with Crippen molar-refractivity contribution in [1.29, 1.82) is 0 Å². The second-order valence-electron chi connectivity index (χ2n) is 4.84. The van der Waals surface area contributed by atoms with Crippen LogP contribution in [0, 0.1) is 6.92 Å². The van der Waals surface area contributed by atoms with Crippen molar-refractivity contribution in [3.63, 3.8) is 0 Å². The number of amides is 1. The Kier molecular flexibility index (Phi) is 4.95. The molecule has 1 amide bonds. The topological polar surface area (TPSA) is 58.6 Å². The maximum Gasteiger partial charge on any atom is 0.251 e. The van der Waals surface area contributed by atoms with E-state index >= 15 is 0 Å². The number of aliphatic hydroxyl groups excluding tert-OH is 1. The van der Waals surface area contributed by atoms with Crippen LogP contribution in [0.3, 0.4) is 0 Å². The SMILES string of the molecule is CNC(=O)c1cccc(OCC(O)c2ccc(C)cc2)c1. The fourth-order valence-corrected chi connectivity index (χ4v) is 1.93. The summed E-state index contributed by atoms with van der Waals surface area (Å²) in [6, 6.07) is 14.5. The first-order chi connectivity index (χ1) is 10.1. The molecule has 2 N–H and O–H groups in total. The Morgan fingerprint density at radius 1 is 1.24 bits per heavy atom. The number of carbonyl (C=O) groups excluding carboxylic acids is 1. The third-order valence-corrected chi connectivity index (χ3v) is 3.19. The zero-order valence-corrected chi connectivity index (χ0v) is 12.2. The van der Waals surface area contributed by atoms with E-state index in [0.717, 1.165) is 11.1 Å². The number of carbonyl (C=O) groups is 1. The molecule has 0 bridgehead atoms. The molecule has 2 rings (SSSR count). The van der Waals surface area contributed by atoms with Crippen LogP contribution in [0.5, 0.6) is 5.75 Å². The van der Waals surface area contributed by atoms with Crippen LogP contribution in [0.4, 0.5) is 0 Å². The average Bonchev–Trinajstić information content (AvgIpc) is 2.52. The van der Waals surface area contributed by atoms with Gasteiger partial charge in [0.1, 0.15) is 18.5 Å². The number of hydrogen-bond donors (Lipinski definition) is 2. The van der Waals surface area contributed by atoms with Gasteiger partial charge in [0.2, 0.25) is 0 Å². The van der Waals surface area contributed by atoms with Crippen LogP contribution in [0.25, 0.3) is 0 Å². The highest BCUT2D eigenvalue weighted by Gasteiger charge is 2.09. The van der Waals surface area contributed by atoms with Gasteiger partial charge >= 0.3 is 0 Å². The minimum atomic E-state index is -0.700. The van der Waals surface area contributed by atoms with Gasteiger partial charge in [0.15, 0.2) is 0 Å². The monoisotopic (exact) mass is 285 g/mol. The number of nitrogens with one attached hydrogen (secondary N) is 1. The molecule has 21 heavy (non-hydrogen) atoms. The Morgan fingerprint density at radius 2 is 1.95 bits per heavy atom. The number of hydrogen-bond acceptors (Lipinski definition) is 3. The molecule has 0 aromatic heterocycles. The second kappa shape index (κ2) is 6.90. The second-order valence-corrected chi connectivity index (χ2v) is 4.84. The number of rotatable bonds is 5. The largest absolute Gasteiger partial charge is 0.491 e. The molecule has 110 valence electrons. The third kappa shape index (κ3) is 4.07. The summed E-state index contributed by atoms with van der Waals surface area (Å²) in [6.07, 6.45) is -0.700. The van der Waals surface area contributed by atoms with Crippen LogP contribution in [-0.2, 0) is 0 Å². The molecule has 0 aliphatic heterocycles. The van der Waals surface area contributed by atoms with E-state index in [-0.39, 0.29) is 12.5 Å². The van der Waals surface area contributed by atoms with E-state index in [4.69, 9.17) is 4.74 Å². The van der Waals surface area contributed by atoms with Crippen molar-refractivity contribution in [2.75, 3.05) is 13.7 Å². The summed E-state index contributed by atoms with van der Waals surface area (Å²) >= 11 is 0. The van der Waals surface area contributed by atoms with E-state index in [1.54, 1.807) is 31.3 Å². The van der Waals surface area contributed by atoms with Crippen LogP contribution in [0.2, 0.25) is 0 Å². The normalized spacial score (nSPS) is 11.8. The number of aliphatic hydroxyl groups is 1. The average molecular weight is 285 g/mol. The summed E-state index contributed by atoms with van der Waals surface area (Å²) in [5.41, 5.74) is 2.48. The maximum atomic E-state index is 11.5. The van der Waals surface area contributed by atoms with Crippen LogP contribution in [0.1, 0.15) is 27.6 Å². The van der Waals surface area contributed by atoms with E-state index in [0.29, 0.717) is 11.3 Å². The smallest absolute Gasteiger partial charge is 0.251 e.